The van der Waals surface area contributed by atoms with E-state index in [9.17, 15) is 9.65 Å². The fraction of sp³-hybridized carbons (Fsp3) is 0.348. The Labute approximate surface area is 176 Å². The molecule has 2 N–H and O–H groups in total. The fourth-order valence-corrected chi connectivity index (χ4v) is 3.60. The Kier molecular flexibility index (Phi) is 7.24. The number of benzene rings is 2. The zero-order chi connectivity index (χ0) is 21.3. The van der Waals surface area contributed by atoms with Gasteiger partial charge in [0.05, 0.1) is 29.4 Å². The summed E-state index contributed by atoms with van der Waals surface area (Å²) in [5, 5.41) is 25.1. The summed E-state index contributed by atoms with van der Waals surface area (Å²) in [5.74, 6) is 0.241. The average molecular weight is 404 g/mol. The molecule has 154 valence electrons. The third kappa shape index (κ3) is 5.27. The number of hydrogen-bond donors (Lipinski definition) is 2. The molecule has 3 rings (SSSR count). The van der Waals surface area contributed by atoms with E-state index in [2.05, 4.69) is 26.6 Å². The molecule has 1 fully saturated rings. The van der Waals surface area contributed by atoms with Crippen molar-refractivity contribution in [3.05, 3.63) is 65.0 Å². The van der Waals surface area contributed by atoms with Gasteiger partial charge in [-0.25, -0.2) is 9.38 Å². The quantitative estimate of drug-likeness (QED) is 0.590. The Morgan fingerprint density at radius 3 is 2.83 bits per heavy atom. The summed E-state index contributed by atoms with van der Waals surface area (Å²) in [6.45, 7) is 4.45. The molecule has 6 nitrogen and oxygen atoms in total. The maximum Gasteiger partial charge on any atom is 0.191 e. The van der Waals surface area contributed by atoms with Crippen molar-refractivity contribution in [2.45, 2.75) is 32.4 Å². The van der Waals surface area contributed by atoms with Gasteiger partial charge in [-0.1, -0.05) is 12.1 Å². The van der Waals surface area contributed by atoms with Crippen LogP contribution >= 0.6 is 0 Å². The molecule has 1 aliphatic heterocycles. The van der Waals surface area contributed by atoms with Crippen LogP contribution < -0.4 is 15.5 Å². The van der Waals surface area contributed by atoms with E-state index in [0.717, 1.165) is 31.6 Å². The smallest absolute Gasteiger partial charge is 0.191 e. The fourth-order valence-electron chi connectivity index (χ4n) is 3.60. The highest BCUT2D eigenvalue weighted by atomic mass is 19.1. The first kappa shape index (κ1) is 21.1. The van der Waals surface area contributed by atoms with E-state index in [1.807, 2.05) is 37.3 Å². The van der Waals surface area contributed by atoms with E-state index in [0.29, 0.717) is 29.2 Å². The number of aliphatic imine (C=N–C) groups is 1. The average Bonchev–Trinajstić information content (AvgIpc) is 2.78. The molecule has 2 aromatic carbocycles. The number of piperidine rings is 1. The summed E-state index contributed by atoms with van der Waals surface area (Å²) in [4.78, 5) is 6.74. The third-order valence-corrected chi connectivity index (χ3v) is 5.05. The van der Waals surface area contributed by atoms with Crippen LogP contribution in [0.25, 0.3) is 0 Å². The molecule has 1 aliphatic rings. The number of para-hydroxylation sites is 1. The molecule has 1 unspecified atom stereocenters. The molecule has 1 atom stereocenters. The van der Waals surface area contributed by atoms with Gasteiger partial charge >= 0.3 is 0 Å². The van der Waals surface area contributed by atoms with E-state index < -0.39 is 0 Å². The normalized spacial score (nSPS) is 16.5. The summed E-state index contributed by atoms with van der Waals surface area (Å²) in [6, 6.07) is 16.4. The second-order valence-electron chi connectivity index (χ2n) is 7.17. The van der Waals surface area contributed by atoms with Crippen molar-refractivity contribution in [3.8, 4) is 12.1 Å². The Morgan fingerprint density at radius 1 is 1.23 bits per heavy atom. The Balaban J connectivity index is 1.71. The molecular weight excluding hydrogens is 379 g/mol. The van der Waals surface area contributed by atoms with Crippen molar-refractivity contribution >= 4 is 11.6 Å². The van der Waals surface area contributed by atoms with Crippen molar-refractivity contribution in [1.29, 1.82) is 10.5 Å². The van der Waals surface area contributed by atoms with Gasteiger partial charge in [-0.15, -0.1) is 0 Å². The van der Waals surface area contributed by atoms with Crippen LogP contribution in [0.15, 0.2) is 47.5 Å². The molecule has 1 heterocycles. The molecule has 0 saturated carbocycles. The number of anilines is 1. The lowest BCUT2D eigenvalue weighted by Crippen LogP contribution is -2.51. The predicted octanol–water partition coefficient (Wildman–Crippen LogP) is 3.29. The van der Waals surface area contributed by atoms with Crippen LogP contribution in [0, 0.1) is 28.5 Å². The van der Waals surface area contributed by atoms with E-state index in [-0.39, 0.29) is 18.4 Å². The van der Waals surface area contributed by atoms with Gasteiger partial charge in [0.25, 0.3) is 0 Å². The van der Waals surface area contributed by atoms with Crippen molar-refractivity contribution in [1.82, 2.24) is 10.6 Å². The highest BCUT2D eigenvalue weighted by Gasteiger charge is 2.22. The van der Waals surface area contributed by atoms with Crippen molar-refractivity contribution in [2.75, 3.05) is 24.5 Å². The standard InChI is InChI=1S/C23H25FN6/c1-2-27-23(28-15-19-12-17(13-25)9-10-21(19)24)29-20-7-5-11-30(16-20)22-8-4-3-6-18(22)14-26/h3-4,6,8-10,12,20H,2,5,7,11,15-16H2,1H3,(H2,27,28,29). The van der Waals surface area contributed by atoms with E-state index in [1.54, 1.807) is 0 Å². The molecule has 0 bridgehead atoms. The first-order valence-corrected chi connectivity index (χ1v) is 10.1. The monoisotopic (exact) mass is 404 g/mol. The number of halogens is 1. The molecule has 0 aromatic heterocycles. The minimum absolute atomic E-state index is 0.143. The first-order valence-electron chi connectivity index (χ1n) is 10.1. The van der Waals surface area contributed by atoms with Crippen LogP contribution in [0.1, 0.15) is 36.5 Å². The molecule has 0 aliphatic carbocycles. The van der Waals surface area contributed by atoms with Gasteiger partial charge in [0.2, 0.25) is 0 Å². The van der Waals surface area contributed by atoms with Crippen LogP contribution in [-0.2, 0) is 6.54 Å². The van der Waals surface area contributed by atoms with Crippen LogP contribution in [0.5, 0.6) is 0 Å². The lowest BCUT2D eigenvalue weighted by atomic mass is 10.0. The maximum absolute atomic E-state index is 14.1. The van der Waals surface area contributed by atoms with Crippen LogP contribution in [0.3, 0.4) is 0 Å². The zero-order valence-corrected chi connectivity index (χ0v) is 17.0. The number of hydrogen-bond acceptors (Lipinski definition) is 4. The lowest BCUT2D eigenvalue weighted by Gasteiger charge is -2.35. The SMILES string of the molecule is CCNC(=NCc1cc(C#N)ccc1F)NC1CCCN(c2ccccc2C#N)C1. The molecule has 1 saturated heterocycles. The molecule has 30 heavy (non-hydrogen) atoms. The van der Waals surface area contributed by atoms with Crippen molar-refractivity contribution < 1.29 is 4.39 Å². The van der Waals surface area contributed by atoms with E-state index in [4.69, 9.17) is 5.26 Å². The summed E-state index contributed by atoms with van der Waals surface area (Å²) >= 11 is 0. The Hall–Kier alpha value is -3.58. The molecule has 0 spiro atoms. The molecule has 2 aromatic rings. The lowest BCUT2D eigenvalue weighted by molar-refractivity contribution is 0.468. The molecule has 0 radical (unpaired) electrons. The summed E-state index contributed by atoms with van der Waals surface area (Å²) in [7, 11) is 0. The zero-order valence-electron chi connectivity index (χ0n) is 17.0. The van der Waals surface area contributed by atoms with E-state index >= 15 is 0 Å². The topological polar surface area (TPSA) is 87.2 Å². The first-order chi connectivity index (χ1) is 14.6. The van der Waals surface area contributed by atoms with E-state index in [1.165, 1.54) is 18.2 Å². The van der Waals surface area contributed by atoms with Crippen LogP contribution in [0.2, 0.25) is 0 Å². The largest absolute Gasteiger partial charge is 0.368 e. The highest BCUT2D eigenvalue weighted by molar-refractivity contribution is 5.80. The highest BCUT2D eigenvalue weighted by Crippen LogP contribution is 2.23. The second-order valence-corrected chi connectivity index (χ2v) is 7.17. The number of nitrogens with zero attached hydrogens (tertiary/aromatic N) is 4. The number of rotatable bonds is 5. The van der Waals surface area contributed by atoms with Gasteiger partial charge in [0.15, 0.2) is 5.96 Å². The van der Waals surface area contributed by atoms with Gasteiger partial charge in [-0.3, -0.25) is 0 Å². The number of nitrogens with one attached hydrogen (secondary N) is 2. The maximum atomic E-state index is 14.1. The summed E-state index contributed by atoms with van der Waals surface area (Å²) in [6.07, 6.45) is 1.98. The minimum atomic E-state index is -0.370. The van der Waals surface area contributed by atoms with Gasteiger partial charge in [-0.2, -0.15) is 10.5 Å². The second kappa shape index (κ2) is 10.3. The number of guanidine groups is 1. The summed E-state index contributed by atoms with van der Waals surface area (Å²) in [5.41, 5.74) is 2.42. The van der Waals surface area contributed by atoms with Crippen LogP contribution in [0.4, 0.5) is 10.1 Å². The Morgan fingerprint density at radius 2 is 2.07 bits per heavy atom. The minimum Gasteiger partial charge on any atom is -0.368 e. The van der Waals surface area contributed by atoms with Gasteiger partial charge in [0, 0.05) is 31.2 Å². The van der Waals surface area contributed by atoms with Gasteiger partial charge in [0.1, 0.15) is 11.9 Å². The molecular formula is C23H25FN6. The Bertz CT molecular complexity index is 988. The summed E-state index contributed by atoms with van der Waals surface area (Å²) < 4.78 is 14.1. The van der Waals surface area contributed by atoms with Gasteiger partial charge in [-0.05, 0) is 50.1 Å². The molecule has 7 heteroatoms. The molecule has 0 amide bonds. The predicted molar refractivity (Wildman–Crippen MR) is 115 cm³/mol. The number of nitriles is 2. The van der Waals surface area contributed by atoms with Crippen molar-refractivity contribution in [2.24, 2.45) is 4.99 Å². The van der Waals surface area contributed by atoms with Crippen molar-refractivity contribution in [3.63, 3.8) is 0 Å². The van der Waals surface area contributed by atoms with Crippen LogP contribution in [-0.4, -0.2) is 31.6 Å². The van der Waals surface area contributed by atoms with Gasteiger partial charge < -0.3 is 15.5 Å². The third-order valence-electron chi connectivity index (χ3n) is 5.05.